The number of amides is 1. The van der Waals surface area contributed by atoms with Crippen molar-refractivity contribution in [1.82, 2.24) is 10.6 Å². The Balaban J connectivity index is 1.72. The normalized spacial score (nSPS) is 19.3. The van der Waals surface area contributed by atoms with Crippen molar-refractivity contribution in [3.63, 3.8) is 0 Å². The van der Waals surface area contributed by atoms with Gasteiger partial charge < -0.3 is 30.3 Å². The first-order valence-corrected chi connectivity index (χ1v) is 10.4. The highest BCUT2D eigenvalue weighted by Crippen LogP contribution is 2.35. The summed E-state index contributed by atoms with van der Waals surface area (Å²) >= 11 is 0. The van der Waals surface area contributed by atoms with Gasteiger partial charge in [-0.05, 0) is 35.2 Å². The number of aliphatic hydroxyl groups is 1. The Labute approximate surface area is 182 Å². The lowest BCUT2D eigenvalue weighted by atomic mass is 10.0. The van der Waals surface area contributed by atoms with Gasteiger partial charge in [-0.15, -0.1) is 6.58 Å². The van der Waals surface area contributed by atoms with Gasteiger partial charge in [-0.2, -0.15) is 0 Å². The van der Waals surface area contributed by atoms with Gasteiger partial charge in [0.15, 0.2) is 0 Å². The number of aliphatic hydroxyl groups excluding tert-OH is 1. The third-order valence-electron chi connectivity index (χ3n) is 5.53. The molecule has 0 spiro atoms. The van der Waals surface area contributed by atoms with Gasteiger partial charge in [0.05, 0.1) is 38.0 Å². The van der Waals surface area contributed by atoms with Crippen molar-refractivity contribution in [2.24, 2.45) is 0 Å². The summed E-state index contributed by atoms with van der Waals surface area (Å²) in [5, 5.41) is 25.9. The molecule has 0 aromatic heterocycles. The SMILES string of the molecule is C=CCO[C@@H]1Cc2ccc(OC)cc2[C@H]1NC[C@@H](O)C(Cc1ccccc1)NC(=O)O. The summed E-state index contributed by atoms with van der Waals surface area (Å²) in [5.41, 5.74) is 3.17. The summed E-state index contributed by atoms with van der Waals surface area (Å²) in [6.45, 7) is 4.34. The number of fused-ring (bicyclic) bond motifs is 1. The van der Waals surface area contributed by atoms with Gasteiger partial charge in [0.1, 0.15) is 5.75 Å². The molecule has 31 heavy (non-hydrogen) atoms. The molecule has 0 bridgehead atoms. The molecule has 0 saturated heterocycles. The Morgan fingerprint density at radius 2 is 2.06 bits per heavy atom. The van der Waals surface area contributed by atoms with E-state index < -0.39 is 18.2 Å². The molecular weight excluding hydrogens is 396 g/mol. The number of rotatable bonds is 11. The summed E-state index contributed by atoms with van der Waals surface area (Å²) in [5.74, 6) is 0.755. The van der Waals surface area contributed by atoms with E-state index in [0.717, 1.165) is 28.9 Å². The molecular formula is C24H30N2O5. The molecule has 7 heteroatoms. The molecule has 0 heterocycles. The van der Waals surface area contributed by atoms with Crippen LogP contribution < -0.4 is 15.4 Å². The zero-order valence-electron chi connectivity index (χ0n) is 17.7. The fraction of sp³-hybridized carbons (Fsp3) is 0.375. The molecule has 7 nitrogen and oxygen atoms in total. The highest BCUT2D eigenvalue weighted by atomic mass is 16.5. The monoisotopic (exact) mass is 426 g/mol. The average Bonchev–Trinajstić information content (AvgIpc) is 3.12. The number of hydrogen-bond donors (Lipinski definition) is 4. The molecule has 4 N–H and O–H groups in total. The lowest BCUT2D eigenvalue weighted by Crippen LogP contribution is -2.49. The van der Waals surface area contributed by atoms with E-state index in [0.29, 0.717) is 13.0 Å². The molecule has 1 unspecified atom stereocenters. The standard InChI is InChI=1S/C24H30N2O5/c1-3-11-31-22-13-17-9-10-18(30-2)14-19(17)23(22)25-15-21(27)20(26-24(28)29)12-16-7-5-4-6-8-16/h3-10,14,20-23,25-27H,1,11-13,15H2,2H3,(H,28,29)/t20?,21-,22-,23-/m1/s1. The second-order valence-corrected chi connectivity index (χ2v) is 7.63. The van der Waals surface area contributed by atoms with Crippen LogP contribution in [0.5, 0.6) is 5.75 Å². The van der Waals surface area contributed by atoms with Crippen LogP contribution in [-0.2, 0) is 17.6 Å². The van der Waals surface area contributed by atoms with Crippen molar-refractivity contribution in [2.45, 2.75) is 37.1 Å². The minimum Gasteiger partial charge on any atom is -0.497 e. The first kappa shape index (κ1) is 22.8. The first-order valence-electron chi connectivity index (χ1n) is 10.4. The van der Waals surface area contributed by atoms with Gasteiger partial charge in [0.25, 0.3) is 0 Å². The number of nitrogens with one attached hydrogen (secondary N) is 2. The quantitative estimate of drug-likeness (QED) is 0.412. The molecule has 166 valence electrons. The minimum atomic E-state index is -1.16. The van der Waals surface area contributed by atoms with E-state index in [4.69, 9.17) is 9.47 Å². The smallest absolute Gasteiger partial charge is 0.404 e. The van der Waals surface area contributed by atoms with E-state index in [-0.39, 0.29) is 18.7 Å². The van der Waals surface area contributed by atoms with Crippen LogP contribution in [-0.4, -0.2) is 54.8 Å². The van der Waals surface area contributed by atoms with Crippen LogP contribution in [0.4, 0.5) is 4.79 Å². The van der Waals surface area contributed by atoms with Crippen LogP contribution >= 0.6 is 0 Å². The molecule has 2 aromatic rings. The summed E-state index contributed by atoms with van der Waals surface area (Å²) in [7, 11) is 1.63. The predicted octanol–water partition coefficient (Wildman–Crippen LogP) is 2.69. The molecule has 2 aromatic carbocycles. The van der Waals surface area contributed by atoms with Crippen molar-refractivity contribution in [3.8, 4) is 5.75 Å². The maximum absolute atomic E-state index is 11.3. The molecule has 1 amide bonds. The average molecular weight is 427 g/mol. The number of ether oxygens (including phenoxy) is 2. The van der Waals surface area contributed by atoms with Gasteiger partial charge in [-0.1, -0.05) is 42.5 Å². The van der Waals surface area contributed by atoms with E-state index in [1.165, 1.54) is 0 Å². The van der Waals surface area contributed by atoms with E-state index in [1.54, 1.807) is 13.2 Å². The van der Waals surface area contributed by atoms with E-state index >= 15 is 0 Å². The van der Waals surface area contributed by atoms with Crippen molar-refractivity contribution in [1.29, 1.82) is 0 Å². The number of benzene rings is 2. The molecule has 1 aliphatic carbocycles. The summed E-state index contributed by atoms with van der Waals surface area (Å²) < 4.78 is 11.3. The van der Waals surface area contributed by atoms with Gasteiger partial charge in [0.2, 0.25) is 0 Å². The molecule has 0 aliphatic heterocycles. The van der Waals surface area contributed by atoms with E-state index in [2.05, 4.69) is 17.2 Å². The first-order chi connectivity index (χ1) is 15.0. The van der Waals surface area contributed by atoms with Crippen LogP contribution in [0.25, 0.3) is 0 Å². The second-order valence-electron chi connectivity index (χ2n) is 7.63. The number of hydrogen-bond acceptors (Lipinski definition) is 5. The van der Waals surface area contributed by atoms with Crippen LogP contribution in [0.1, 0.15) is 22.7 Å². The third-order valence-corrected chi connectivity index (χ3v) is 5.53. The lowest BCUT2D eigenvalue weighted by molar-refractivity contribution is 0.0457. The van der Waals surface area contributed by atoms with Gasteiger partial charge in [-0.25, -0.2) is 4.79 Å². The zero-order valence-corrected chi connectivity index (χ0v) is 17.7. The predicted molar refractivity (Wildman–Crippen MR) is 118 cm³/mol. The molecule has 3 rings (SSSR count). The maximum atomic E-state index is 11.3. The van der Waals surface area contributed by atoms with E-state index in [9.17, 15) is 15.0 Å². The molecule has 4 atom stereocenters. The van der Waals surface area contributed by atoms with Gasteiger partial charge in [-0.3, -0.25) is 0 Å². The largest absolute Gasteiger partial charge is 0.497 e. The van der Waals surface area contributed by atoms with Crippen molar-refractivity contribution in [2.75, 3.05) is 20.3 Å². The number of carbonyl (C=O) groups is 1. The Kier molecular flexibility index (Phi) is 8.06. The summed E-state index contributed by atoms with van der Waals surface area (Å²) in [6, 6.07) is 14.6. The molecule has 0 saturated carbocycles. The molecule has 0 fully saturated rings. The van der Waals surface area contributed by atoms with Crippen molar-refractivity contribution in [3.05, 3.63) is 77.9 Å². The highest BCUT2D eigenvalue weighted by Gasteiger charge is 2.34. The van der Waals surface area contributed by atoms with Crippen LogP contribution in [0.2, 0.25) is 0 Å². The Bertz CT molecular complexity index is 874. The Morgan fingerprint density at radius 3 is 2.74 bits per heavy atom. The zero-order chi connectivity index (χ0) is 22.2. The highest BCUT2D eigenvalue weighted by molar-refractivity contribution is 5.65. The minimum absolute atomic E-state index is 0.118. The van der Waals surface area contributed by atoms with Crippen molar-refractivity contribution < 1.29 is 24.5 Å². The third kappa shape index (κ3) is 6.07. The van der Waals surface area contributed by atoms with Gasteiger partial charge in [0, 0.05) is 13.0 Å². The lowest BCUT2D eigenvalue weighted by Gasteiger charge is -2.27. The number of carboxylic acid groups (broad SMARTS) is 1. The van der Waals surface area contributed by atoms with Gasteiger partial charge >= 0.3 is 6.09 Å². The topological polar surface area (TPSA) is 100 Å². The van der Waals surface area contributed by atoms with Crippen molar-refractivity contribution >= 4 is 6.09 Å². The Hall–Kier alpha value is -2.87. The fourth-order valence-electron chi connectivity index (χ4n) is 4.00. The van der Waals surface area contributed by atoms with Crippen LogP contribution in [0, 0.1) is 0 Å². The summed E-state index contributed by atoms with van der Waals surface area (Å²) in [4.78, 5) is 11.3. The summed E-state index contributed by atoms with van der Waals surface area (Å²) in [6.07, 6.45) is 0.632. The Morgan fingerprint density at radius 1 is 1.29 bits per heavy atom. The van der Waals surface area contributed by atoms with E-state index in [1.807, 2.05) is 48.5 Å². The second kappa shape index (κ2) is 10.9. The fourth-order valence-corrected chi connectivity index (χ4v) is 4.00. The molecule has 1 aliphatic rings. The maximum Gasteiger partial charge on any atom is 0.404 e. The van der Waals surface area contributed by atoms with Crippen LogP contribution in [0.3, 0.4) is 0 Å². The number of methoxy groups -OCH3 is 1. The van der Waals surface area contributed by atoms with Crippen LogP contribution in [0.15, 0.2) is 61.2 Å². The molecule has 0 radical (unpaired) electrons.